The minimum Gasteiger partial charge on any atom is -0.365 e. The van der Waals surface area contributed by atoms with Crippen molar-refractivity contribution in [3.8, 4) is 0 Å². The molecule has 3 heterocycles. The van der Waals surface area contributed by atoms with E-state index in [2.05, 4.69) is 10.00 Å². The molecule has 0 N–H and O–H groups in total. The van der Waals surface area contributed by atoms with E-state index in [4.69, 9.17) is 4.74 Å². The third-order valence-corrected chi connectivity index (χ3v) is 4.95. The van der Waals surface area contributed by atoms with Crippen molar-refractivity contribution >= 4 is 5.91 Å². The summed E-state index contributed by atoms with van der Waals surface area (Å²) in [6.45, 7) is 6.34. The number of amides is 1. The zero-order valence-corrected chi connectivity index (χ0v) is 14.5. The van der Waals surface area contributed by atoms with Crippen molar-refractivity contribution in [1.82, 2.24) is 19.6 Å². The van der Waals surface area contributed by atoms with Crippen LogP contribution in [0.2, 0.25) is 0 Å². The van der Waals surface area contributed by atoms with Crippen molar-refractivity contribution in [2.24, 2.45) is 5.92 Å². The summed E-state index contributed by atoms with van der Waals surface area (Å²) >= 11 is 0. The maximum absolute atomic E-state index is 11.9. The van der Waals surface area contributed by atoms with E-state index >= 15 is 0 Å². The summed E-state index contributed by atoms with van der Waals surface area (Å²) in [4.78, 5) is 27.5. The van der Waals surface area contributed by atoms with Crippen LogP contribution >= 0.6 is 0 Å². The quantitative estimate of drug-likeness (QED) is 0.782. The Bertz CT molecular complexity index is 637. The van der Waals surface area contributed by atoms with Crippen LogP contribution < -0.4 is 5.56 Å². The topological polar surface area (TPSA) is 67.7 Å². The second-order valence-electron chi connectivity index (χ2n) is 6.95. The average molecular weight is 334 g/mol. The number of ether oxygens (including phenoxy) is 1. The molecule has 0 spiro atoms. The number of hydrogen-bond donors (Lipinski definition) is 0. The Balaban J connectivity index is 1.46. The predicted octanol–water partition coefficient (Wildman–Crippen LogP) is 0.121. The molecule has 1 aromatic rings. The fourth-order valence-corrected chi connectivity index (χ4v) is 3.44. The second kappa shape index (κ2) is 7.44. The number of rotatable bonds is 4. The number of piperidine rings is 1. The van der Waals surface area contributed by atoms with E-state index < -0.39 is 0 Å². The summed E-state index contributed by atoms with van der Waals surface area (Å²) in [6, 6.07) is 3.35. The van der Waals surface area contributed by atoms with Crippen molar-refractivity contribution in [3.63, 3.8) is 0 Å². The molecule has 1 amide bonds. The molecule has 2 aliphatic rings. The Morgan fingerprint density at radius 3 is 2.67 bits per heavy atom. The first-order valence-electron chi connectivity index (χ1n) is 8.64. The van der Waals surface area contributed by atoms with Gasteiger partial charge in [0.25, 0.3) is 5.56 Å². The number of aromatic nitrogens is 2. The van der Waals surface area contributed by atoms with Crippen LogP contribution in [0.15, 0.2) is 16.9 Å². The molecule has 0 bridgehead atoms. The number of hydrogen-bond acceptors (Lipinski definition) is 5. The van der Waals surface area contributed by atoms with Crippen LogP contribution in [0.3, 0.4) is 0 Å². The lowest BCUT2D eigenvalue weighted by atomic mass is 9.96. The largest absolute Gasteiger partial charge is 0.365 e. The van der Waals surface area contributed by atoms with Gasteiger partial charge in [-0.2, -0.15) is 5.10 Å². The third-order valence-electron chi connectivity index (χ3n) is 4.95. The molecule has 2 saturated heterocycles. The lowest BCUT2D eigenvalue weighted by Crippen LogP contribution is -2.50. The van der Waals surface area contributed by atoms with E-state index in [9.17, 15) is 9.59 Å². The van der Waals surface area contributed by atoms with Gasteiger partial charge in [0.2, 0.25) is 5.91 Å². The predicted molar refractivity (Wildman–Crippen MR) is 89.8 cm³/mol. The molecule has 0 aromatic carbocycles. The van der Waals surface area contributed by atoms with E-state index in [0.29, 0.717) is 19.0 Å². The Morgan fingerprint density at radius 1 is 1.21 bits per heavy atom. The molecule has 1 atom stereocenters. The Labute approximate surface area is 142 Å². The molecule has 132 valence electrons. The first-order chi connectivity index (χ1) is 11.5. The van der Waals surface area contributed by atoms with Crippen molar-refractivity contribution in [1.29, 1.82) is 0 Å². The molecule has 0 aliphatic carbocycles. The lowest BCUT2D eigenvalue weighted by molar-refractivity contribution is -0.148. The van der Waals surface area contributed by atoms with E-state index in [1.807, 2.05) is 14.0 Å². The van der Waals surface area contributed by atoms with Crippen LogP contribution in [-0.2, 0) is 16.1 Å². The number of carbonyl (C=O) groups excluding carboxylic acids is 1. The van der Waals surface area contributed by atoms with Gasteiger partial charge in [0.15, 0.2) is 0 Å². The fraction of sp³-hybridized carbons (Fsp3) is 0.706. The smallest absolute Gasteiger partial charge is 0.266 e. The van der Waals surface area contributed by atoms with E-state index in [0.717, 1.165) is 38.2 Å². The summed E-state index contributed by atoms with van der Waals surface area (Å²) in [5, 5.41) is 4.33. The molecule has 7 heteroatoms. The van der Waals surface area contributed by atoms with Gasteiger partial charge in [0.1, 0.15) is 6.61 Å². The maximum atomic E-state index is 11.9. The van der Waals surface area contributed by atoms with Crippen LogP contribution in [0.25, 0.3) is 0 Å². The Morgan fingerprint density at radius 2 is 1.96 bits per heavy atom. The van der Waals surface area contributed by atoms with Gasteiger partial charge in [0, 0.05) is 32.7 Å². The van der Waals surface area contributed by atoms with Crippen LogP contribution in [0, 0.1) is 12.8 Å². The zero-order chi connectivity index (χ0) is 17.1. The van der Waals surface area contributed by atoms with Gasteiger partial charge < -0.3 is 14.5 Å². The zero-order valence-electron chi connectivity index (χ0n) is 14.5. The van der Waals surface area contributed by atoms with Crippen LogP contribution in [0.5, 0.6) is 0 Å². The van der Waals surface area contributed by atoms with Crippen molar-refractivity contribution < 1.29 is 9.53 Å². The average Bonchev–Trinajstić information content (AvgIpc) is 2.56. The summed E-state index contributed by atoms with van der Waals surface area (Å²) in [6.07, 6.45) is 2.22. The molecule has 24 heavy (non-hydrogen) atoms. The fourth-order valence-electron chi connectivity index (χ4n) is 3.44. The van der Waals surface area contributed by atoms with Gasteiger partial charge in [-0.15, -0.1) is 0 Å². The first kappa shape index (κ1) is 17.1. The van der Waals surface area contributed by atoms with E-state index in [-0.39, 0.29) is 24.2 Å². The number of nitrogens with zero attached hydrogens (tertiary/aromatic N) is 4. The van der Waals surface area contributed by atoms with E-state index in [1.165, 1.54) is 0 Å². The number of likely N-dealkylation sites (N-methyl/N-ethyl adjacent to an activating group) is 1. The molecule has 1 unspecified atom stereocenters. The number of carbonyl (C=O) groups is 1. The summed E-state index contributed by atoms with van der Waals surface area (Å²) in [5.41, 5.74) is 0.853. The van der Waals surface area contributed by atoms with Gasteiger partial charge in [-0.3, -0.25) is 9.59 Å². The lowest BCUT2D eigenvalue weighted by Gasteiger charge is -2.37. The van der Waals surface area contributed by atoms with Crippen LogP contribution in [0.1, 0.15) is 18.5 Å². The molecule has 2 fully saturated rings. The van der Waals surface area contributed by atoms with Crippen molar-refractivity contribution in [2.75, 3.05) is 39.8 Å². The Hall–Kier alpha value is -1.73. The van der Waals surface area contributed by atoms with Gasteiger partial charge in [0.05, 0.1) is 11.8 Å². The number of morpholine rings is 1. The van der Waals surface area contributed by atoms with Crippen LogP contribution in [0.4, 0.5) is 0 Å². The minimum absolute atomic E-state index is 0.0219. The molecule has 2 aliphatic heterocycles. The minimum atomic E-state index is -0.0219. The standard InChI is InChI=1S/C17H26N4O3/c1-13-3-4-16(22)21(18-13)9-14-5-7-20(8-6-14)11-15-10-19(2)17(23)12-24-15/h3-4,14-15H,5-12H2,1-2H3. The van der Waals surface area contributed by atoms with Gasteiger partial charge in [-0.05, 0) is 44.8 Å². The molecule has 3 rings (SSSR count). The van der Waals surface area contributed by atoms with Crippen LogP contribution in [-0.4, -0.2) is 71.4 Å². The third kappa shape index (κ3) is 4.21. The summed E-state index contributed by atoms with van der Waals surface area (Å²) in [7, 11) is 1.83. The number of aryl methyl sites for hydroxylation is 1. The Kier molecular flexibility index (Phi) is 5.30. The highest BCUT2D eigenvalue weighted by molar-refractivity contribution is 5.77. The maximum Gasteiger partial charge on any atom is 0.266 e. The summed E-state index contributed by atoms with van der Waals surface area (Å²) in [5.74, 6) is 0.547. The highest BCUT2D eigenvalue weighted by Crippen LogP contribution is 2.19. The van der Waals surface area contributed by atoms with E-state index in [1.54, 1.807) is 21.7 Å². The molecule has 0 saturated carbocycles. The van der Waals surface area contributed by atoms with Gasteiger partial charge in [-0.1, -0.05) is 0 Å². The molecular weight excluding hydrogens is 308 g/mol. The van der Waals surface area contributed by atoms with Crippen molar-refractivity contribution in [2.45, 2.75) is 32.4 Å². The second-order valence-corrected chi connectivity index (χ2v) is 6.95. The normalized spacial score (nSPS) is 23.7. The highest BCUT2D eigenvalue weighted by atomic mass is 16.5. The molecule has 7 nitrogen and oxygen atoms in total. The first-order valence-corrected chi connectivity index (χ1v) is 8.64. The number of likely N-dealkylation sites (tertiary alicyclic amines) is 1. The van der Waals surface area contributed by atoms with Crippen molar-refractivity contribution in [3.05, 3.63) is 28.2 Å². The van der Waals surface area contributed by atoms with Gasteiger partial charge in [-0.25, -0.2) is 4.68 Å². The van der Waals surface area contributed by atoms with Gasteiger partial charge >= 0.3 is 0 Å². The molecular formula is C17H26N4O3. The summed E-state index contributed by atoms with van der Waals surface area (Å²) < 4.78 is 7.22. The molecule has 1 aromatic heterocycles. The SMILES string of the molecule is Cc1ccc(=O)n(CC2CCN(CC3CN(C)C(=O)CO3)CC2)n1. The monoisotopic (exact) mass is 334 g/mol. The molecule has 0 radical (unpaired) electrons. The highest BCUT2D eigenvalue weighted by Gasteiger charge is 2.27.